The largest absolute Gasteiger partial charge is 0.494 e. The Bertz CT molecular complexity index is 1300. The third-order valence-electron chi connectivity index (χ3n) is 6.11. The van der Waals surface area contributed by atoms with Crippen LogP contribution < -0.4 is 15.6 Å². The third-order valence-corrected chi connectivity index (χ3v) is 6.11. The van der Waals surface area contributed by atoms with E-state index in [1.54, 1.807) is 0 Å². The van der Waals surface area contributed by atoms with Crippen LogP contribution >= 0.6 is 0 Å². The molecule has 1 aliphatic rings. The van der Waals surface area contributed by atoms with Gasteiger partial charge in [0, 0.05) is 23.1 Å². The van der Waals surface area contributed by atoms with Gasteiger partial charge >= 0.3 is 0 Å². The number of ether oxygens (including phenoxy) is 1. The highest BCUT2D eigenvalue weighted by Crippen LogP contribution is 2.32. The molecule has 0 bridgehead atoms. The Kier molecular flexibility index (Phi) is 5.14. The average Bonchev–Trinajstić information content (AvgIpc) is 3.11. The van der Waals surface area contributed by atoms with Crippen molar-refractivity contribution in [3.05, 3.63) is 58.5 Å². The van der Waals surface area contributed by atoms with E-state index in [9.17, 15) is 4.79 Å². The summed E-state index contributed by atoms with van der Waals surface area (Å²) < 4.78 is 7.72. The van der Waals surface area contributed by atoms with E-state index in [4.69, 9.17) is 9.72 Å². The Morgan fingerprint density at radius 2 is 2.00 bits per heavy atom. The van der Waals surface area contributed by atoms with Crippen LogP contribution in [-0.2, 0) is 0 Å². The Morgan fingerprint density at radius 1 is 1.16 bits per heavy atom. The summed E-state index contributed by atoms with van der Waals surface area (Å²) in [5, 5.41) is 4.65. The molecule has 1 aromatic carbocycles. The average molecular weight is 417 g/mol. The van der Waals surface area contributed by atoms with Crippen molar-refractivity contribution < 1.29 is 4.74 Å². The number of nitrogens with zero attached hydrogens (tertiary/aromatic N) is 2. The van der Waals surface area contributed by atoms with Gasteiger partial charge in [0.25, 0.3) is 5.56 Å². The minimum atomic E-state index is -0.136. The minimum absolute atomic E-state index is 0.136. The standard InChI is InChI=1S/C25H28N4O2/c1-3-31-19-9-10-21-17(14-19)15-20(25(30)27-21)23-24(26-18-7-5-4-6-8-18)29-12-11-16(2)13-22(29)28-23/h9-15,18,26H,3-8H2,1-2H3,(H,27,30). The number of aromatic amines is 1. The van der Waals surface area contributed by atoms with Gasteiger partial charge in [0.2, 0.25) is 0 Å². The Balaban J connectivity index is 1.67. The van der Waals surface area contributed by atoms with Crippen LogP contribution in [0.4, 0.5) is 5.82 Å². The number of benzene rings is 1. The third kappa shape index (κ3) is 3.78. The summed E-state index contributed by atoms with van der Waals surface area (Å²) in [4.78, 5) is 21.0. The van der Waals surface area contributed by atoms with Crippen molar-refractivity contribution in [2.75, 3.05) is 11.9 Å². The molecule has 160 valence electrons. The zero-order valence-corrected chi connectivity index (χ0v) is 18.1. The second-order valence-corrected chi connectivity index (χ2v) is 8.41. The maximum atomic E-state index is 13.1. The summed E-state index contributed by atoms with van der Waals surface area (Å²) in [6.45, 7) is 4.62. The van der Waals surface area contributed by atoms with Crippen molar-refractivity contribution in [1.29, 1.82) is 0 Å². The van der Waals surface area contributed by atoms with E-state index in [0.717, 1.165) is 46.5 Å². The van der Waals surface area contributed by atoms with Crippen LogP contribution in [0.1, 0.15) is 44.6 Å². The van der Waals surface area contributed by atoms with Crippen LogP contribution in [0.5, 0.6) is 5.75 Å². The Morgan fingerprint density at radius 3 is 2.81 bits per heavy atom. The van der Waals surface area contributed by atoms with E-state index >= 15 is 0 Å². The highest BCUT2D eigenvalue weighted by Gasteiger charge is 2.21. The molecule has 0 atom stereocenters. The predicted molar refractivity (Wildman–Crippen MR) is 125 cm³/mol. The van der Waals surface area contributed by atoms with Crippen LogP contribution in [0, 0.1) is 6.92 Å². The number of hydrogen-bond acceptors (Lipinski definition) is 4. The molecule has 0 saturated heterocycles. The number of pyridine rings is 2. The summed E-state index contributed by atoms with van der Waals surface area (Å²) in [7, 11) is 0. The second kappa shape index (κ2) is 8.10. The summed E-state index contributed by atoms with van der Waals surface area (Å²) in [5.74, 6) is 1.69. The van der Waals surface area contributed by atoms with Crippen molar-refractivity contribution in [3.8, 4) is 17.0 Å². The number of nitrogens with one attached hydrogen (secondary N) is 2. The first-order chi connectivity index (χ1) is 15.1. The van der Waals surface area contributed by atoms with Crippen LogP contribution in [0.2, 0.25) is 0 Å². The number of H-pyrrole nitrogens is 1. The fraction of sp³-hybridized carbons (Fsp3) is 0.360. The van der Waals surface area contributed by atoms with Crippen molar-refractivity contribution in [1.82, 2.24) is 14.4 Å². The van der Waals surface area contributed by atoms with E-state index in [1.807, 2.05) is 37.4 Å². The van der Waals surface area contributed by atoms with Crippen molar-refractivity contribution in [3.63, 3.8) is 0 Å². The van der Waals surface area contributed by atoms with Crippen molar-refractivity contribution in [2.45, 2.75) is 52.0 Å². The van der Waals surface area contributed by atoms with Gasteiger partial charge in [-0.05, 0) is 68.7 Å². The fourth-order valence-corrected chi connectivity index (χ4v) is 4.53. The van der Waals surface area contributed by atoms with E-state index in [2.05, 4.69) is 33.8 Å². The van der Waals surface area contributed by atoms with Gasteiger partial charge in [0.15, 0.2) is 0 Å². The maximum Gasteiger partial charge on any atom is 0.258 e. The molecule has 3 heterocycles. The molecule has 4 aromatic rings. The van der Waals surface area contributed by atoms with Gasteiger partial charge in [0.1, 0.15) is 22.9 Å². The van der Waals surface area contributed by atoms with Gasteiger partial charge in [-0.2, -0.15) is 0 Å². The lowest BCUT2D eigenvalue weighted by Gasteiger charge is -2.24. The summed E-state index contributed by atoms with van der Waals surface area (Å²) in [6, 6.07) is 12.2. The minimum Gasteiger partial charge on any atom is -0.494 e. The number of aromatic nitrogens is 3. The van der Waals surface area contributed by atoms with E-state index in [1.165, 1.54) is 19.3 Å². The SMILES string of the molecule is CCOc1ccc2[nH]c(=O)c(-c3nc4cc(C)ccn4c3NC3CCCCC3)cc2c1. The predicted octanol–water partition coefficient (Wildman–Crippen LogP) is 5.29. The van der Waals surface area contributed by atoms with Crippen molar-refractivity contribution in [2.24, 2.45) is 0 Å². The molecule has 2 N–H and O–H groups in total. The second-order valence-electron chi connectivity index (χ2n) is 8.41. The van der Waals surface area contributed by atoms with E-state index in [0.29, 0.717) is 23.9 Å². The van der Waals surface area contributed by atoms with Crippen molar-refractivity contribution >= 4 is 22.4 Å². The first kappa shape index (κ1) is 19.7. The first-order valence-electron chi connectivity index (χ1n) is 11.2. The molecule has 0 aliphatic heterocycles. The number of rotatable bonds is 5. The fourth-order valence-electron chi connectivity index (χ4n) is 4.53. The molecule has 3 aromatic heterocycles. The molecule has 0 spiro atoms. The molecule has 31 heavy (non-hydrogen) atoms. The molecule has 0 amide bonds. The Hall–Kier alpha value is -3.28. The molecule has 5 rings (SSSR count). The number of imidazole rings is 1. The lowest BCUT2D eigenvalue weighted by Crippen LogP contribution is -2.23. The quantitative estimate of drug-likeness (QED) is 0.463. The summed E-state index contributed by atoms with van der Waals surface area (Å²) in [6.07, 6.45) is 8.09. The highest BCUT2D eigenvalue weighted by molar-refractivity contribution is 5.87. The lowest BCUT2D eigenvalue weighted by molar-refractivity contribution is 0.340. The van der Waals surface area contributed by atoms with Gasteiger partial charge in [-0.25, -0.2) is 4.98 Å². The molecule has 1 saturated carbocycles. The molecule has 0 radical (unpaired) electrons. The van der Waals surface area contributed by atoms with Gasteiger partial charge in [-0.3, -0.25) is 9.20 Å². The molecular weight excluding hydrogens is 388 g/mol. The van der Waals surface area contributed by atoms with Gasteiger partial charge in [0.05, 0.1) is 12.2 Å². The number of fused-ring (bicyclic) bond motifs is 2. The van der Waals surface area contributed by atoms with E-state index in [-0.39, 0.29) is 5.56 Å². The molecular formula is C25H28N4O2. The normalized spacial score (nSPS) is 14.9. The molecule has 1 aliphatic carbocycles. The summed E-state index contributed by atoms with van der Waals surface area (Å²) >= 11 is 0. The first-order valence-corrected chi connectivity index (χ1v) is 11.2. The molecule has 0 unspecified atom stereocenters. The smallest absolute Gasteiger partial charge is 0.258 e. The highest BCUT2D eigenvalue weighted by atomic mass is 16.5. The number of hydrogen-bond donors (Lipinski definition) is 2. The lowest BCUT2D eigenvalue weighted by atomic mass is 9.95. The monoisotopic (exact) mass is 416 g/mol. The van der Waals surface area contributed by atoms with E-state index < -0.39 is 0 Å². The van der Waals surface area contributed by atoms with Crippen LogP contribution in [0.15, 0.2) is 47.4 Å². The molecule has 6 heteroatoms. The molecule has 1 fully saturated rings. The van der Waals surface area contributed by atoms with Gasteiger partial charge < -0.3 is 15.0 Å². The summed E-state index contributed by atoms with van der Waals surface area (Å²) in [5.41, 5.74) is 3.90. The zero-order valence-electron chi connectivity index (χ0n) is 18.1. The van der Waals surface area contributed by atoms with Crippen LogP contribution in [0.25, 0.3) is 27.8 Å². The number of aryl methyl sites for hydroxylation is 1. The zero-order chi connectivity index (χ0) is 21.4. The molecule has 6 nitrogen and oxygen atoms in total. The van der Waals surface area contributed by atoms with Gasteiger partial charge in [-0.15, -0.1) is 0 Å². The topological polar surface area (TPSA) is 71.4 Å². The number of anilines is 1. The maximum absolute atomic E-state index is 13.1. The van der Waals surface area contributed by atoms with Crippen LogP contribution in [0.3, 0.4) is 0 Å². The Labute approximate surface area is 181 Å². The van der Waals surface area contributed by atoms with Crippen LogP contribution in [-0.4, -0.2) is 27.0 Å². The van der Waals surface area contributed by atoms with Gasteiger partial charge in [-0.1, -0.05) is 19.3 Å².